The van der Waals surface area contributed by atoms with Crippen LogP contribution in [0.1, 0.15) is 11.1 Å². The number of nitriles is 1. The molecule has 0 atom stereocenters. The monoisotopic (exact) mass is 386 g/mol. The first kappa shape index (κ1) is 18.4. The molecule has 0 saturated carbocycles. The van der Waals surface area contributed by atoms with Crippen molar-refractivity contribution in [2.75, 3.05) is 14.2 Å². The molecule has 2 aromatic carbocycles. The number of rotatable bonds is 4. The van der Waals surface area contributed by atoms with Crippen molar-refractivity contribution in [3.8, 4) is 40.0 Å². The van der Waals surface area contributed by atoms with Gasteiger partial charge in [-0.1, -0.05) is 35.4 Å². The van der Waals surface area contributed by atoms with Crippen LogP contribution in [0.2, 0.25) is 0 Å². The van der Waals surface area contributed by atoms with Gasteiger partial charge in [-0.15, -0.1) is 4.91 Å². The average molecular weight is 386 g/mol. The first-order chi connectivity index (χ1) is 14.2. The third kappa shape index (κ3) is 3.05. The van der Waals surface area contributed by atoms with Gasteiger partial charge in [0.15, 0.2) is 17.0 Å². The third-order valence-corrected chi connectivity index (χ3v) is 5.14. The normalized spacial score (nSPS) is 12.5. The van der Waals surface area contributed by atoms with Crippen molar-refractivity contribution in [3.63, 3.8) is 0 Å². The molecule has 7 nitrogen and oxygen atoms in total. The maximum atomic E-state index is 11.0. The summed E-state index contributed by atoms with van der Waals surface area (Å²) in [5.74, 6) is 1.27. The fraction of sp³-hybridized carbons (Fsp3) is 0.182. The molecule has 0 N–H and O–H groups in total. The summed E-state index contributed by atoms with van der Waals surface area (Å²) in [5, 5.41) is 16.3. The van der Waals surface area contributed by atoms with Gasteiger partial charge in [0.1, 0.15) is 11.6 Å². The SMILES string of the molecule is COc1cc2c(cc1OC)-c1cc(-c3ccccc3)c(C#N)/c(=N\N=O)n1CC2. The van der Waals surface area contributed by atoms with Crippen LogP contribution in [0, 0.1) is 16.2 Å². The van der Waals surface area contributed by atoms with E-state index in [1.54, 1.807) is 14.2 Å². The van der Waals surface area contributed by atoms with Crippen LogP contribution in [0.4, 0.5) is 0 Å². The predicted molar refractivity (Wildman–Crippen MR) is 108 cm³/mol. The quantitative estimate of drug-likeness (QED) is 0.503. The predicted octanol–water partition coefficient (Wildman–Crippen LogP) is 3.85. The molecule has 0 amide bonds. The molecule has 3 aromatic rings. The van der Waals surface area contributed by atoms with Gasteiger partial charge in [0.25, 0.3) is 0 Å². The van der Waals surface area contributed by atoms with Crippen molar-refractivity contribution in [2.24, 2.45) is 10.4 Å². The number of nitrogens with zero attached hydrogens (tertiary/aromatic N) is 4. The standard InChI is InChI=1S/C22H18N4O3/c1-28-20-10-15-8-9-26-19(17(15)12-21(20)29-2)11-16(14-6-4-3-5-7-14)18(13-23)22(26)24-25-27/h3-7,10-12H,8-9H2,1-2H3/b24-22+. The summed E-state index contributed by atoms with van der Waals surface area (Å²) >= 11 is 0. The van der Waals surface area contributed by atoms with Gasteiger partial charge >= 0.3 is 0 Å². The van der Waals surface area contributed by atoms with E-state index >= 15 is 0 Å². The van der Waals surface area contributed by atoms with E-state index in [-0.39, 0.29) is 5.49 Å². The third-order valence-electron chi connectivity index (χ3n) is 5.14. The van der Waals surface area contributed by atoms with Crippen LogP contribution in [0.25, 0.3) is 22.4 Å². The molecule has 144 valence electrons. The Morgan fingerprint density at radius 3 is 2.41 bits per heavy atom. The van der Waals surface area contributed by atoms with Crippen molar-refractivity contribution in [1.82, 2.24) is 4.57 Å². The molecule has 4 rings (SSSR count). The lowest BCUT2D eigenvalue weighted by Crippen LogP contribution is -2.29. The lowest BCUT2D eigenvalue weighted by atomic mass is 9.92. The van der Waals surface area contributed by atoms with Crippen molar-refractivity contribution in [3.05, 3.63) is 70.1 Å². The molecule has 0 spiro atoms. The summed E-state index contributed by atoms with van der Waals surface area (Å²) in [6.07, 6.45) is 0.699. The Bertz CT molecular complexity index is 1210. The molecule has 1 aromatic heterocycles. The van der Waals surface area contributed by atoms with E-state index in [2.05, 4.69) is 16.5 Å². The van der Waals surface area contributed by atoms with Crippen LogP contribution in [-0.4, -0.2) is 18.8 Å². The van der Waals surface area contributed by atoms with Crippen LogP contribution in [0.5, 0.6) is 11.5 Å². The zero-order chi connectivity index (χ0) is 20.4. The topological polar surface area (TPSA) is 89.0 Å². The second kappa shape index (κ2) is 7.60. The first-order valence-corrected chi connectivity index (χ1v) is 9.06. The second-order valence-electron chi connectivity index (χ2n) is 6.57. The van der Waals surface area contributed by atoms with Gasteiger partial charge in [0.05, 0.1) is 25.2 Å². The van der Waals surface area contributed by atoms with Gasteiger partial charge in [-0.25, -0.2) is 0 Å². The van der Waals surface area contributed by atoms with E-state index in [0.717, 1.165) is 22.4 Å². The Kier molecular flexibility index (Phi) is 4.83. The number of benzene rings is 2. The summed E-state index contributed by atoms with van der Waals surface area (Å²) in [6, 6.07) is 17.6. The Labute approximate surface area is 167 Å². The van der Waals surface area contributed by atoms with Crippen LogP contribution in [0.3, 0.4) is 0 Å². The van der Waals surface area contributed by atoms with Gasteiger partial charge in [-0.2, -0.15) is 5.26 Å². The van der Waals surface area contributed by atoms with E-state index in [1.165, 1.54) is 0 Å². The number of hydrogen-bond donors (Lipinski definition) is 0. The lowest BCUT2D eigenvalue weighted by molar-refractivity contribution is 0.354. The van der Waals surface area contributed by atoms with E-state index in [0.29, 0.717) is 35.6 Å². The highest BCUT2D eigenvalue weighted by atomic mass is 16.5. The minimum atomic E-state index is 0.263. The molecule has 1 aliphatic heterocycles. The molecule has 0 unspecified atom stereocenters. The van der Waals surface area contributed by atoms with Crippen LogP contribution in [0.15, 0.2) is 58.9 Å². The molecule has 0 saturated heterocycles. The van der Waals surface area contributed by atoms with Gasteiger partial charge < -0.3 is 14.0 Å². The summed E-state index contributed by atoms with van der Waals surface area (Å²) in [6.45, 7) is 0.565. The molecule has 0 radical (unpaired) electrons. The van der Waals surface area contributed by atoms with E-state index in [1.807, 2.05) is 53.1 Å². The lowest BCUT2D eigenvalue weighted by Gasteiger charge is -2.25. The van der Waals surface area contributed by atoms with Crippen molar-refractivity contribution >= 4 is 0 Å². The molecule has 0 aliphatic carbocycles. The highest BCUT2D eigenvalue weighted by Gasteiger charge is 2.23. The molecule has 1 aliphatic rings. The maximum Gasteiger partial charge on any atom is 0.177 e. The summed E-state index contributed by atoms with van der Waals surface area (Å²) < 4.78 is 12.8. The fourth-order valence-electron chi connectivity index (χ4n) is 3.80. The smallest absolute Gasteiger partial charge is 0.177 e. The Hall–Kier alpha value is -3.92. The Morgan fingerprint density at radius 2 is 1.76 bits per heavy atom. The zero-order valence-corrected chi connectivity index (χ0v) is 16.0. The molecule has 2 heterocycles. The summed E-state index contributed by atoms with van der Waals surface area (Å²) in [5.41, 5.74) is 5.02. The summed E-state index contributed by atoms with van der Waals surface area (Å²) in [4.78, 5) is 11.0. The number of methoxy groups -OCH3 is 2. The van der Waals surface area contributed by atoms with Gasteiger partial charge in [-0.3, -0.25) is 0 Å². The number of pyridine rings is 1. The number of hydrogen-bond acceptors (Lipinski definition) is 5. The maximum absolute atomic E-state index is 11.0. The fourth-order valence-corrected chi connectivity index (χ4v) is 3.80. The van der Waals surface area contributed by atoms with E-state index in [9.17, 15) is 10.2 Å². The highest BCUT2D eigenvalue weighted by Crippen LogP contribution is 2.39. The van der Waals surface area contributed by atoms with Crippen LogP contribution < -0.4 is 15.0 Å². The number of aryl methyl sites for hydroxylation is 1. The van der Waals surface area contributed by atoms with Gasteiger partial charge in [0.2, 0.25) is 0 Å². The minimum Gasteiger partial charge on any atom is -0.493 e. The molecule has 0 bridgehead atoms. The minimum absolute atomic E-state index is 0.263. The van der Waals surface area contributed by atoms with E-state index < -0.39 is 0 Å². The molecular weight excluding hydrogens is 368 g/mol. The number of ether oxygens (including phenoxy) is 2. The molecular formula is C22H18N4O3. The van der Waals surface area contributed by atoms with Gasteiger partial charge in [-0.05, 0) is 35.7 Å². The number of fused-ring (bicyclic) bond motifs is 3. The summed E-state index contributed by atoms with van der Waals surface area (Å²) in [7, 11) is 3.20. The second-order valence-corrected chi connectivity index (χ2v) is 6.57. The Morgan fingerprint density at radius 1 is 1.03 bits per heavy atom. The first-order valence-electron chi connectivity index (χ1n) is 9.06. The van der Waals surface area contributed by atoms with Crippen LogP contribution >= 0.6 is 0 Å². The largest absolute Gasteiger partial charge is 0.493 e. The zero-order valence-electron chi connectivity index (χ0n) is 16.0. The molecule has 0 fully saturated rings. The average Bonchev–Trinajstić information content (AvgIpc) is 2.78. The number of aromatic nitrogens is 1. The van der Waals surface area contributed by atoms with Crippen LogP contribution in [-0.2, 0) is 13.0 Å². The molecule has 7 heteroatoms. The highest BCUT2D eigenvalue weighted by molar-refractivity contribution is 5.78. The van der Waals surface area contributed by atoms with Crippen molar-refractivity contribution in [1.29, 1.82) is 5.26 Å². The van der Waals surface area contributed by atoms with Crippen molar-refractivity contribution in [2.45, 2.75) is 13.0 Å². The van der Waals surface area contributed by atoms with Gasteiger partial charge in [0, 0.05) is 17.7 Å². The Balaban J connectivity index is 2.09. The molecule has 29 heavy (non-hydrogen) atoms. The van der Waals surface area contributed by atoms with E-state index in [4.69, 9.17) is 9.47 Å². The van der Waals surface area contributed by atoms with Crippen molar-refractivity contribution < 1.29 is 9.47 Å². The number of nitroso groups, excluding NO2 is 1.